The van der Waals surface area contributed by atoms with Gasteiger partial charge in [-0.15, -0.1) is 4.37 Å². The van der Waals surface area contributed by atoms with Gasteiger partial charge in [-0.05, 0) is 12.8 Å². The van der Waals surface area contributed by atoms with E-state index in [1.807, 2.05) is 0 Å². The van der Waals surface area contributed by atoms with Crippen molar-refractivity contribution >= 4 is 23.3 Å². The molecular weight excluding hydrogens is 422 g/mol. The zero-order valence-electron chi connectivity index (χ0n) is 20.9. The topological polar surface area (TPSA) is 61.3 Å². The monoisotopic (exact) mass is 466 g/mol. The summed E-state index contributed by atoms with van der Waals surface area (Å²) in [4.78, 5) is 12.6. The predicted molar refractivity (Wildman–Crippen MR) is 132 cm³/mol. The highest BCUT2D eigenvalue weighted by Gasteiger charge is 2.41. The molecule has 0 aromatic carbocycles. The van der Waals surface area contributed by atoms with Gasteiger partial charge in [-0.1, -0.05) is 72.3 Å². The van der Waals surface area contributed by atoms with E-state index in [0.29, 0.717) is 23.4 Å². The molecule has 2 atom stereocenters. The number of rotatable bonds is 15. The maximum Gasteiger partial charge on any atom is 0.310 e. The molecule has 7 heteroatoms. The van der Waals surface area contributed by atoms with Crippen LogP contribution in [-0.2, 0) is 9.53 Å². The summed E-state index contributed by atoms with van der Waals surface area (Å²) in [5.74, 6) is 0.823. The summed E-state index contributed by atoms with van der Waals surface area (Å²) in [6, 6.07) is 0. The molecule has 2 heterocycles. The van der Waals surface area contributed by atoms with Gasteiger partial charge in [-0.25, -0.2) is 0 Å². The van der Waals surface area contributed by atoms with Crippen molar-refractivity contribution in [3.05, 3.63) is 11.8 Å². The fraction of sp³-hybridized carbons (Fsp3) is 0.800. The van der Waals surface area contributed by atoms with Crippen molar-refractivity contribution in [3.8, 4) is 5.88 Å². The van der Waals surface area contributed by atoms with E-state index in [4.69, 9.17) is 9.47 Å². The van der Waals surface area contributed by atoms with Crippen LogP contribution in [0.3, 0.4) is 0 Å². The Morgan fingerprint density at radius 2 is 1.81 bits per heavy atom. The molecule has 0 saturated carbocycles. The molecule has 0 spiro atoms. The number of carbonyl (C=O) groups is 1. The van der Waals surface area contributed by atoms with Crippen molar-refractivity contribution in [2.24, 2.45) is 5.92 Å². The first-order valence-corrected chi connectivity index (χ1v) is 13.3. The minimum absolute atomic E-state index is 0.0679. The fourth-order valence-electron chi connectivity index (χ4n) is 4.50. The van der Waals surface area contributed by atoms with Gasteiger partial charge in [0.25, 0.3) is 5.88 Å². The summed E-state index contributed by atoms with van der Waals surface area (Å²) in [6.07, 6.45) is 12.6. The molecule has 0 bridgehead atoms. The van der Waals surface area contributed by atoms with Crippen LogP contribution in [0, 0.1) is 5.92 Å². The Kier molecular flexibility index (Phi) is 11.7. The number of likely N-dealkylation sites (N-methyl/N-ethyl adjacent to an activating group) is 1. The molecular formula is C25H44N3O3S+. The molecule has 1 aromatic rings. The van der Waals surface area contributed by atoms with Crippen LogP contribution in [0.25, 0.3) is 5.57 Å². The molecule has 0 amide bonds. The Morgan fingerprint density at radius 1 is 1.09 bits per heavy atom. The van der Waals surface area contributed by atoms with Crippen LogP contribution in [0.1, 0.15) is 97.6 Å². The Labute approximate surface area is 199 Å². The highest BCUT2D eigenvalue weighted by atomic mass is 32.1. The Balaban J connectivity index is 2.01. The van der Waals surface area contributed by atoms with Gasteiger partial charge in [0.2, 0.25) is 6.23 Å². The molecule has 32 heavy (non-hydrogen) atoms. The lowest BCUT2D eigenvalue weighted by Crippen LogP contribution is -2.58. The van der Waals surface area contributed by atoms with Gasteiger partial charge < -0.3 is 9.47 Å². The summed E-state index contributed by atoms with van der Waals surface area (Å²) in [6.45, 7) is 11.1. The third-order valence-corrected chi connectivity index (χ3v) is 6.74. The molecule has 0 aliphatic carbocycles. The molecule has 2 unspecified atom stereocenters. The number of quaternary nitrogens is 1. The first kappa shape index (κ1) is 26.8. The smallest absolute Gasteiger partial charge is 0.310 e. The lowest BCUT2D eigenvalue weighted by atomic mass is 10.0. The molecule has 2 rings (SSSR count). The van der Waals surface area contributed by atoms with E-state index in [9.17, 15) is 4.79 Å². The quantitative estimate of drug-likeness (QED) is 0.174. The number of carbonyl (C=O) groups excluding carboxylic acids is 1. The summed E-state index contributed by atoms with van der Waals surface area (Å²) in [5.41, 5.74) is 2.02. The largest absolute Gasteiger partial charge is 0.475 e. The Bertz CT molecular complexity index is 719. The first-order valence-electron chi connectivity index (χ1n) is 12.6. The SMILES string of the molecule is CCCCCCOc1nsnc1C1=CCC[N+](C)(C(OC(=O)CCCCCC)C(C)C)C1. The molecule has 1 aliphatic rings. The molecule has 0 saturated heterocycles. The number of ether oxygens (including phenoxy) is 2. The number of aromatic nitrogens is 2. The van der Waals surface area contributed by atoms with Crippen LogP contribution in [0.5, 0.6) is 5.88 Å². The summed E-state index contributed by atoms with van der Waals surface area (Å²) >= 11 is 1.21. The lowest BCUT2D eigenvalue weighted by molar-refractivity contribution is -0.950. The molecule has 6 nitrogen and oxygen atoms in total. The van der Waals surface area contributed by atoms with Crippen molar-refractivity contribution < 1.29 is 18.8 Å². The van der Waals surface area contributed by atoms with Crippen molar-refractivity contribution in [2.45, 2.75) is 98.1 Å². The van der Waals surface area contributed by atoms with E-state index in [-0.39, 0.29) is 18.1 Å². The Hall–Kier alpha value is -1.47. The van der Waals surface area contributed by atoms with Crippen molar-refractivity contribution in [1.82, 2.24) is 8.75 Å². The minimum atomic E-state index is -0.164. The fourth-order valence-corrected chi connectivity index (χ4v) is 5.03. The van der Waals surface area contributed by atoms with E-state index in [0.717, 1.165) is 50.0 Å². The van der Waals surface area contributed by atoms with Crippen LogP contribution >= 0.6 is 11.7 Å². The lowest BCUT2D eigenvalue weighted by Gasteiger charge is -2.44. The van der Waals surface area contributed by atoms with E-state index in [1.54, 1.807) is 0 Å². The van der Waals surface area contributed by atoms with E-state index in [2.05, 4.69) is 49.6 Å². The van der Waals surface area contributed by atoms with Gasteiger partial charge in [0.15, 0.2) is 0 Å². The number of unbranched alkanes of at least 4 members (excludes halogenated alkanes) is 6. The van der Waals surface area contributed by atoms with Gasteiger partial charge in [-0.2, -0.15) is 4.37 Å². The van der Waals surface area contributed by atoms with Crippen LogP contribution in [0.4, 0.5) is 0 Å². The minimum Gasteiger partial charge on any atom is -0.475 e. The summed E-state index contributed by atoms with van der Waals surface area (Å²) in [5, 5.41) is 0. The van der Waals surface area contributed by atoms with Crippen LogP contribution in [-0.4, -0.2) is 52.2 Å². The standard InChI is InChI=1S/C25H44N3O3S/c1-6-8-10-12-16-22(29)31-25(20(3)4)28(5)17-14-15-21(19-28)23-24(27-32-26-23)30-18-13-11-9-7-2/h15,20,25H,6-14,16-19H2,1-5H3/q+1. The van der Waals surface area contributed by atoms with Crippen LogP contribution in [0.15, 0.2) is 6.08 Å². The van der Waals surface area contributed by atoms with E-state index < -0.39 is 0 Å². The molecule has 0 radical (unpaired) electrons. The van der Waals surface area contributed by atoms with Crippen LogP contribution < -0.4 is 4.74 Å². The van der Waals surface area contributed by atoms with E-state index >= 15 is 0 Å². The highest BCUT2D eigenvalue weighted by Crippen LogP contribution is 2.33. The molecule has 0 fully saturated rings. The van der Waals surface area contributed by atoms with Gasteiger partial charge in [0, 0.05) is 24.3 Å². The average molecular weight is 467 g/mol. The normalized spacial score (nSPS) is 19.6. The molecule has 1 aliphatic heterocycles. The van der Waals surface area contributed by atoms with Crippen LogP contribution in [0.2, 0.25) is 0 Å². The highest BCUT2D eigenvalue weighted by molar-refractivity contribution is 6.99. The van der Waals surface area contributed by atoms with Crippen molar-refractivity contribution in [1.29, 1.82) is 0 Å². The molecule has 1 aromatic heterocycles. The van der Waals surface area contributed by atoms with Crippen molar-refractivity contribution in [3.63, 3.8) is 0 Å². The second kappa shape index (κ2) is 13.9. The number of hydrogen-bond donors (Lipinski definition) is 0. The number of nitrogens with zero attached hydrogens (tertiary/aromatic N) is 3. The average Bonchev–Trinajstić information content (AvgIpc) is 3.23. The third-order valence-electron chi connectivity index (χ3n) is 6.23. The summed E-state index contributed by atoms with van der Waals surface area (Å²) < 4.78 is 21.7. The second-order valence-electron chi connectivity index (χ2n) is 9.64. The molecule has 182 valence electrons. The van der Waals surface area contributed by atoms with Gasteiger partial charge in [0.05, 0.1) is 31.9 Å². The van der Waals surface area contributed by atoms with Gasteiger partial charge in [-0.3, -0.25) is 9.28 Å². The molecule has 0 N–H and O–H groups in total. The zero-order chi connectivity index (χ0) is 23.4. The number of hydrogen-bond acceptors (Lipinski definition) is 6. The predicted octanol–water partition coefficient (Wildman–Crippen LogP) is 6.23. The number of esters is 1. The second-order valence-corrected chi connectivity index (χ2v) is 10.2. The third kappa shape index (κ3) is 8.14. The summed E-state index contributed by atoms with van der Waals surface area (Å²) in [7, 11) is 2.20. The Morgan fingerprint density at radius 3 is 2.50 bits per heavy atom. The maximum atomic E-state index is 12.6. The maximum absolute atomic E-state index is 12.6. The van der Waals surface area contributed by atoms with Gasteiger partial charge in [0.1, 0.15) is 12.2 Å². The zero-order valence-corrected chi connectivity index (χ0v) is 21.7. The van der Waals surface area contributed by atoms with E-state index in [1.165, 1.54) is 43.8 Å². The van der Waals surface area contributed by atoms with Gasteiger partial charge >= 0.3 is 5.97 Å². The first-order chi connectivity index (χ1) is 15.4. The van der Waals surface area contributed by atoms with Crippen molar-refractivity contribution in [2.75, 3.05) is 26.7 Å².